The summed E-state index contributed by atoms with van der Waals surface area (Å²) in [6.07, 6.45) is 1.91. The molecule has 27 heavy (non-hydrogen) atoms. The number of hydrogen-bond acceptors (Lipinski definition) is 7. The molecular formula is C19H20N6O2. The molecule has 0 aliphatic carbocycles. The third-order valence-electron chi connectivity index (χ3n) is 3.92. The predicted molar refractivity (Wildman–Crippen MR) is 103 cm³/mol. The Labute approximate surface area is 156 Å². The largest absolute Gasteiger partial charge is 0.465 e. The van der Waals surface area contributed by atoms with E-state index in [0.717, 1.165) is 28.1 Å². The number of furan rings is 1. The average Bonchev–Trinajstić information content (AvgIpc) is 3.28. The molecule has 0 spiro atoms. The van der Waals surface area contributed by atoms with Gasteiger partial charge in [-0.2, -0.15) is 15.0 Å². The zero-order valence-electron chi connectivity index (χ0n) is 15.1. The molecule has 1 aromatic carbocycles. The van der Waals surface area contributed by atoms with Gasteiger partial charge in [0.25, 0.3) is 0 Å². The van der Waals surface area contributed by atoms with Gasteiger partial charge in [0, 0.05) is 17.4 Å². The third-order valence-corrected chi connectivity index (χ3v) is 3.92. The summed E-state index contributed by atoms with van der Waals surface area (Å²) in [5.74, 6) is 2.47. The Morgan fingerprint density at radius 3 is 2.78 bits per heavy atom. The van der Waals surface area contributed by atoms with E-state index < -0.39 is 0 Å². The van der Waals surface area contributed by atoms with E-state index in [0.29, 0.717) is 25.0 Å². The van der Waals surface area contributed by atoms with Crippen LogP contribution in [0.2, 0.25) is 0 Å². The molecule has 4 aromatic rings. The zero-order valence-corrected chi connectivity index (χ0v) is 15.1. The van der Waals surface area contributed by atoms with Crippen molar-refractivity contribution in [1.29, 1.82) is 0 Å². The van der Waals surface area contributed by atoms with Gasteiger partial charge in [0.1, 0.15) is 11.5 Å². The second-order valence-corrected chi connectivity index (χ2v) is 5.97. The Morgan fingerprint density at radius 1 is 1.07 bits per heavy atom. The number of ether oxygens (including phenoxy) is 1. The number of rotatable bonds is 7. The van der Waals surface area contributed by atoms with Crippen LogP contribution in [0, 0.1) is 6.92 Å². The van der Waals surface area contributed by atoms with Crippen molar-refractivity contribution in [2.75, 3.05) is 17.2 Å². The van der Waals surface area contributed by atoms with E-state index in [1.165, 1.54) is 0 Å². The first-order valence-corrected chi connectivity index (χ1v) is 8.72. The van der Waals surface area contributed by atoms with Gasteiger partial charge in [-0.3, -0.25) is 0 Å². The fraction of sp³-hybridized carbons (Fsp3) is 0.211. The molecule has 0 atom stereocenters. The van der Waals surface area contributed by atoms with E-state index in [1.807, 2.05) is 56.4 Å². The van der Waals surface area contributed by atoms with Gasteiger partial charge >= 0.3 is 6.01 Å². The summed E-state index contributed by atoms with van der Waals surface area (Å²) in [5, 5.41) is 7.49. The highest BCUT2D eigenvalue weighted by Gasteiger charge is 2.09. The lowest BCUT2D eigenvalue weighted by molar-refractivity contribution is 0.312. The topological polar surface area (TPSA) is 101 Å². The molecule has 0 saturated heterocycles. The number of aryl methyl sites for hydroxylation is 1. The Morgan fingerprint density at radius 2 is 1.96 bits per heavy atom. The van der Waals surface area contributed by atoms with Crippen LogP contribution in [0.1, 0.15) is 18.4 Å². The lowest BCUT2D eigenvalue weighted by atomic mass is 10.2. The molecule has 3 N–H and O–H groups in total. The predicted octanol–water partition coefficient (Wildman–Crippen LogP) is 4.01. The molecule has 138 valence electrons. The molecule has 3 heterocycles. The number of nitrogens with zero attached hydrogens (tertiary/aromatic N) is 3. The number of H-pyrrole nitrogens is 1. The number of anilines is 3. The van der Waals surface area contributed by atoms with Gasteiger partial charge in [-0.25, -0.2) is 0 Å². The molecule has 0 amide bonds. The summed E-state index contributed by atoms with van der Waals surface area (Å²) >= 11 is 0. The van der Waals surface area contributed by atoms with E-state index >= 15 is 0 Å². The van der Waals surface area contributed by atoms with Crippen LogP contribution in [-0.4, -0.2) is 26.5 Å². The molecule has 0 bridgehead atoms. The summed E-state index contributed by atoms with van der Waals surface area (Å²) < 4.78 is 11.0. The van der Waals surface area contributed by atoms with Crippen molar-refractivity contribution in [3.05, 3.63) is 54.1 Å². The lowest BCUT2D eigenvalue weighted by Gasteiger charge is -2.10. The monoisotopic (exact) mass is 364 g/mol. The molecule has 0 unspecified atom stereocenters. The van der Waals surface area contributed by atoms with Crippen LogP contribution in [0.15, 0.2) is 47.0 Å². The normalized spacial score (nSPS) is 10.9. The quantitative estimate of drug-likeness (QED) is 0.455. The van der Waals surface area contributed by atoms with Gasteiger partial charge in [-0.1, -0.05) is 6.07 Å². The Hall–Kier alpha value is -3.55. The van der Waals surface area contributed by atoms with Crippen LogP contribution >= 0.6 is 0 Å². The molecule has 8 heteroatoms. The molecular weight excluding hydrogens is 344 g/mol. The van der Waals surface area contributed by atoms with Gasteiger partial charge in [-0.15, -0.1) is 0 Å². The van der Waals surface area contributed by atoms with Crippen molar-refractivity contribution in [2.45, 2.75) is 20.4 Å². The van der Waals surface area contributed by atoms with Gasteiger partial charge in [-0.05, 0) is 49.6 Å². The van der Waals surface area contributed by atoms with Crippen molar-refractivity contribution in [1.82, 2.24) is 19.9 Å². The van der Waals surface area contributed by atoms with Crippen molar-refractivity contribution in [3.63, 3.8) is 0 Å². The standard InChI is InChI=1S/C19H20N6O2/c1-3-26-19-24-17(21-11-15-7-4-12(2)27-15)23-18(25-19)22-14-6-5-13-8-9-20-16(13)10-14/h4-10,20H,3,11H2,1-2H3,(H2,21,22,23,24,25). The Bertz CT molecular complexity index is 1060. The van der Waals surface area contributed by atoms with E-state index in [4.69, 9.17) is 9.15 Å². The molecule has 0 fully saturated rings. The fourth-order valence-corrected chi connectivity index (χ4v) is 2.69. The van der Waals surface area contributed by atoms with Crippen molar-refractivity contribution < 1.29 is 9.15 Å². The first-order chi connectivity index (χ1) is 13.2. The summed E-state index contributed by atoms with van der Waals surface area (Å²) in [6.45, 7) is 4.73. The number of fused-ring (bicyclic) bond motifs is 1. The zero-order chi connectivity index (χ0) is 18.6. The SMILES string of the molecule is CCOc1nc(NCc2ccc(C)o2)nc(Nc2ccc3cc[nH]c3c2)n1. The smallest absolute Gasteiger partial charge is 0.323 e. The second-order valence-electron chi connectivity index (χ2n) is 5.97. The van der Waals surface area contributed by atoms with E-state index in [1.54, 1.807) is 0 Å². The second kappa shape index (κ2) is 7.36. The van der Waals surface area contributed by atoms with Crippen molar-refractivity contribution in [2.24, 2.45) is 0 Å². The fourth-order valence-electron chi connectivity index (χ4n) is 2.69. The molecule has 3 aromatic heterocycles. The molecule has 0 aliphatic rings. The number of hydrogen-bond donors (Lipinski definition) is 3. The number of benzene rings is 1. The number of aromatic amines is 1. The minimum Gasteiger partial charge on any atom is -0.465 e. The van der Waals surface area contributed by atoms with Crippen LogP contribution in [-0.2, 0) is 6.54 Å². The number of aromatic nitrogens is 4. The summed E-state index contributed by atoms with van der Waals surface area (Å²) in [5.41, 5.74) is 1.90. The van der Waals surface area contributed by atoms with Crippen LogP contribution in [0.3, 0.4) is 0 Å². The summed E-state index contributed by atoms with van der Waals surface area (Å²) in [6, 6.07) is 12.1. The van der Waals surface area contributed by atoms with E-state index in [-0.39, 0.29) is 6.01 Å². The van der Waals surface area contributed by atoms with E-state index in [2.05, 4.69) is 30.6 Å². The maximum atomic E-state index is 5.56. The highest BCUT2D eigenvalue weighted by Crippen LogP contribution is 2.21. The summed E-state index contributed by atoms with van der Waals surface area (Å²) in [7, 11) is 0. The van der Waals surface area contributed by atoms with Gasteiger partial charge in [0.2, 0.25) is 11.9 Å². The average molecular weight is 364 g/mol. The highest BCUT2D eigenvalue weighted by molar-refractivity contribution is 5.83. The summed E-state index contributed by atoms with van der Waals surface area (Å²) in [4.78, 5) is 16.2. The first-order valence-electron chi connectivity index (χ1n) is 8.72. The third kappa shape index (κ3) is 4.00. The Kier molecular flexibility index (Phi) is 4.61. The minimum atomic E-state index is 0.258. The molecule has 0 aliphatic heterocycles. The van der Waals surface area contributed by atoms with Crippen LogP contribution in [0.25, 0.3) is 10.9 Å². The minimum absolute atomic E-state index is 0.258. The maximum absolute atomic E-state index is 5.56. The highest BCUT2D eigenvalue weighted by atomic mass is 16.5. The van der Waals surface area contributed by atoms with E-state index in [9.17, 15) is 0 Å². The van der Waals surface area contributed by atoms with Crippen molar-refractivity contribution in [3.8, 4) is 6.01 Å². The van der Waals surface area contributed by atoms with Crippen LogP contribution in [0.5, 0.6) is 6.01 Å². The number of nitrogens with one attached hydrogen (secondary N) is 3. The van der Waals surface area contributed by atoms with Gasteiger partial charge < -0.3 is 24.8 Å². The van der Waals surface area contributed by atoms with Crippen LogP contribution < -0.4 is 15.4 Å². The lowest BCUT2D eigenvalue weighted by Crippen LogP contribution is -2.09. The molecule has 4 rings (SSSR count). The van der Waals surface area contributed by atoms with Gasteiger partial charge in [0.05, 0.1) is 13.2 Å². The van der Waals surface area contributed by atoms with Crippen LogP contribution in [0.4, 0.5) is 17.6 Å². The molecule has 8 nitrogen and oxygen atoms in total. The van der Waals surface area contributed by atoms with Crippen molar-refractivity contribution >= 4 is 28.5 Å². The Balaban J connectivity index is 1.55. The van der Waals surface area contributed by atoms with Gasteiger partial charge in [0.15, 0.2) is 0 Å². The molecule has 0 saturated carbocycles. The first kappa shape index (κ1) is 16.9. The maximum Gasteiger partial charge on any atom is 0.323 e. The molecule has 0 radical (unpaired) electrons.